The maximum atomic E-state index is 13.2. The highest BCUT2D eigenvalue weighted by molar-refractivity contribution is 14.1. The molecule has 30 heavy (non-hydrogen) atoms. The SMILES string of the molecule is C[C@H]1[C@H]([Si](C)(C)O)[C@@H](CCn2cc(CCO)nn2)O[C@]12C(=O)Nc1ccc(I)cc12. The lowest BCUT2D eigenvalue weighted by Gasteiger charge is -2.32. The maximum absolute atomic E-state index is 13.2. The van der Waals surface area contributed by atoms with E-state index in [2.05, 4.69) is 38.2 Å². The molecule has 2 aliphatic rings. The number of carbonyl (C=O) groups is 1. The zero-order chi connectivity index (χ0) is 21.7. The molecule has 0 bridgehead atoms. The number of aryl methyl sites for hydroxylation is 1. The van der Waals surface area contributed by atoms with Crippen LogP contribution in [0.4, 0.5) is 5.69 Å². The van der Waals surface area contributed by atoms with Crippen molar-refractivity contribution in [2.45, 2.75) is 56.7 Å². The van der Waals surface area contributed by atoms with E-state index in [1.807, 2.05) is 44.4 Å². The summed E-state index contributed by atoms with van der Waals surface area (Å²) in [6.07, 6.45) is 2.63. The second kappa shape index (κ2) is 7.97. The number of benzene rings is 1. The minimum atomic E-state index is -2.64. The Morgan fingerprint density at radius 1 is 1.40 bits per heavy atom. The van der Waals surface area contributed by atoms with E-state index in [-0.39, 0.29) is 30.1 Å². The third-order valence-electron chi connectivity index (χ3n) is 6.30. The molecule has 0 radical (unpaired) electrons. The van der Waals surface area contributed by atoms with E-state index < -0.39 is 13.9 Å². The van der Waals surface area contributed by atoms with Crippen molar-refractivity contribution in [2.75, 3.05) is 11.9 Å². The Morgan fingerprint density at radius 2 is 2.17 bits per heavy atom. The molecule has 2 aliphatic heterocycles. The molecule has 2 aromatic rings. The number of ether oxygens (including phenoxy) is 1. The normalized spacial score (nSPS) is 28.2. The number of aromatic nitrogens is 3. The van der Waals surface area contributed by atoms with Crippen molar-refractivity contribution in [2.24, 2.45) is 5.92 Å². The van der Waals surface area contributed by atoms with Crippen LogP contribution in [0.5, 0.6) is 0 Å². The molecule has 4 rings (SSSR count). The van der Waals surface area contributed by atoms with Gasteiger partial charge in [0.2, 0.25) is 0 Å². The summed E-state index contributed by atoms with van der Waals surface area (Å²) in [5, 5.41) is 20.2. The lowest BCUT2D eigenvalue weighted by atomic mass is 9.82. The van der Waals surface area contributed by atoms with Crippen molar-refractivity contribution >= 4 is 42.5 Å². The molecule has 0 saturated carbocycles. The fourth-order valence-corrected chi connectivity index (χ4v) is 8.17. The van der Waals surface area contributed by atoms with Crippen LogP contribution in [-0.2, 0) is 28.1 Å². The largest absolute Gasteiger partial charge is 0.432 e. The Morgan fingerprint density at radius 3 is 2.87 bits per heavy atom. The molecule has 1 saturated heterocycles. The Bertz CT molecular complexity index is 963. The van der Waals surface area contributed by atoms with E-state index in [4.69, 9.17) is 9.84 Å². The van der Waals surface area contributed by atoms with Gasteiger partial charge in [0.25, 0.3) is 5.91 Å². The van der Waals surface area contributed by atoms with Gasteiger partial charge in [0.15, 0.2) is 13.9 Å². The number of amides is 1. The summed E-state index contributed by atoms with van der Waals surface area (Å²) in [6, 6.07) is 5.89. The molecule has 4 atom stereocenters. The molecule has 1 fully saturated rings. The molecule has 0 unspecified atom stereocenters. The summed E-state index contributed by atoms with van der Waals surface area (Å²) in [5.74, 6) is -0.307. The predicted octanol–water partition coefficient (Wildman–Crippen LogP) is 2.26. The average Bonchev–Trinajstić information content (AvgIpc) is 3.31. The quantitative estimate of drug-likeness (QED) is 0.382. The highest BCUT2D eigenvalue weighted by Gasteiger charge is 2.64. The Hall–Kier alpha value is -1.34. The zero-order valence-electron chi connectivity index (χ0n) is 17.3. The van der Waals surface area contributed by atoms with Crippen LogP contribution in [0.3, 0.4) is 0 Å². The third-order valence-corrected chi connectivity index (χ3v) is 9.47. The molecule has 1 amide bonds. The highest BCUT2D eigenvalue weighted by atomic mass is 127. The van der Waals surface area contributed by atoms with E-state index in [1.165, 1.54) is 0 Å². The standard InChI is InChI=1S/C20H27IN4O4Si/c1-12-18(30(2,3)28)17(6-8-25-11-14(7-9-26)23-24-25)29-20(12)15-10-13(21)4-5-16(15)22-19(20)27/h4-5,10-12,17-18,26,28H,6-9H2,1-3H3,(H,22,27)/t12-,17+,18-,20+/m0/s1. The second-order valence-corrected chi connectivity index (χ2v) is 14.0. The van der Waals surface area contributed by atoms with Crippen molar-refractivity contribution in [3.8, 4) is 0 Å². The molecule has 10 heteroatoms. The summed E-state index contributed by atoms with van der Waals surface area (Å²) in [7, 11) is -2.64. The predicted molar refractivity (Wildman–Crippen MR) is 122 cm³/mol. The number of hydrogen-bond donors (Lipinski definition) is 3. The number of carbonyl (C=O) groups excluding carboxylic acids is 1. The number of nitrogens with one attached hydrogen (secondary N) is 1. The molecule has 1 aromatic heterocycles. The first-order chi connectivity index (χ1) is 14.2. The third kappa shape index (κ3) is 3.62. The van der Waals surface area contributed by atoms with Crippen LogP contribution in [0.1, 0.15) is 24.6 Å². The number of halogens is 1. The molecule has 162 valence electrons. The van der Waals surface area contributed by atoms with Gasteiger partial charge in [-0.05, 0) is 60.3 Å². The fourth-order valence-electron chi connectivity index (χ4n) is 5.08. The zero-order valence-corrected chi connectivity index (χ0v) is 20.5. The summed E-state index contributed by atoms with van der Waals surface area (Å²) < 4.78 is 9.36. The summed E-state index contributed by atoms with van der Waals surface area (Å²) in [5.41, 5.74) is 1.20. The first-order valence-electron chi connectivity index (χ1n) is 10.2. The van der Waals surface area contributed by atoms with Gasteiger partial charge in [0.05, 0.1) is 11.8 Å². The number of aliphatic hydroxyl groups is 1. The van der Waals surface area contributed by atoms with Gasteiger partial charge < -0.3 is 20.0 Å². The number of rotatable bonds is 6. The summed E-state index contributed by atoms with van der Waals surface area (Å²) in [6.45, 7) is 6.46. The number of hydrogen-bond acceptors (Lipinski definition) is 6. The van der Waals surface area contributed by atoms with Crippen LogP contribution >= 0.6 is 22.6 Å². The van der Waals surface area contributed by atoms with E-state index in [9.17, 15) is 9.59 Å². The van der Waals surface area contributed by atoms with E-state index in [0.717, 1.165) is 20.5 Å². The van der Waals surface area contributed by atoms with Crippen LogP contribution in [0.2, 0.25) is 18.6 Å². The van der Waals surface area contributed by atoms with Crippen molar-refractivity contribution < 1.29 is 19.4 Å². The minimum Gasteiger partial charge on any atom is -0.432 e. The monoisotopic (exact) mass is 542 g/mol. The molecule has 8 nitrogen and oxygen atoms in total. The van der Waals surface area contributed by atoms with Crippen molar-refractivity contribution in [1.29, 1.82) is 0 Å². The van der Waals surface area contributed by atoms with Gasteiger partial charge in [0.1, 0.15) is 0 Å². The molecule has 1 spiro atoms. The molecular weight excluding hydrogens is 515 g/mol. The molecule has 1 aromatic carbocycles. The number of nitrogens with zero attached hydrogens (tertiary/aromatic N) is 3. The smallest absolute Gasteiger partial charge is 0.261 e. The van der Waals surface area contributed by atoms with Gasteiger partial charge in [-0.15, -0.1) is 5.10 Å². The van der Waals surface area contributed by atoms with Gasteiger partial charge in [0, 0.05) is 52.0 Å². The fraction of sp³-hybridized carbons (Fsp3) is 0.550. The molecule has 3 heterocycles. The molecule has 3 N–H and O–H groups in total. The first-order valence-corrected chi connectivity index (χ1v) is 14.3. The second-order valence-electron chi connectivity index (χ2n) is 8.74. The van der Waals surface area contributed by atoms with E-state index in [1.54, 1.807) is 4.68 Å². The van der Waals surface area contributed by atoms with Crippen molar-refractivity contribution in [3.05, 3.63) is 39.2 Å². The van der Waals surface area contributed by atoms with Gasteiger partial charge >= 0.3 is 0 Å². The molecular formula is C20H27IN4O4Si. The van der Waals surface area contributed by atoms with Crippen LogP contribution in [0.25, 0.3) is 0 Å². The number of fused-ring (bicyclic) bond motifs is 2. The number of aliphatic hydroxyl groups excluding tert-OH is 1. The van der Waals surface area contributed by atoms with Gasteiger partial charge in [-0.2, -0.15) is 0 Å². The van der Waals surface area contributed by atoms with Crippen molar-refractivity contribution in [3.63, 3.8) is 0 Å². The average molecular weight is 542 g/mol. The Kier molecular flexibility index (Phi) is 5.81. The highest BCUT2D eigenvalue weighted by Crippen LogP contribution is 2.58. The topological polar surface area (TPSA) is 110 Å². The summed E-state index contributed by atoms with van der Waals surface area (Å²) in [4.78, 5) is 24.3. The van der Waals surface area contributed by atoms with Crippen LogP contribution in [0.15, 0.2) is 24.4 Å². The maximum Gasteiger partial charge on any atom is 0.261 e. The Labute approximate surface area is 190 Å². The lowest BCUT2D eigenvalue weighted by molar-refractivity contribution is -0.143. The van der Waals surface area contributed by atoms with Gasteiger partial charge in [-0.1, -0.05) is 12.1 Å². The minimum absolute atomic E-state index is 0.0319. The van der Waals surface area contributed by atoms with Crippen LogP contribution in [0, 0.1) is 9.49 Å². The van der Waals surface area contributed by atoms with Gasteiger partial charge in [-0.3, -0.25) is 9.48 Å². The van der Waals surface area contributed by atoms with E-state index in [0.29, 0.717) is 19.4 Å². The molecule has 0 aliphatic carbocycles. The van der Waals surface area contributed by atoms with Crippen molar-refractivity contribution in [1.82, 2.24) is 15.0 Å². The van der Waals surface area contributed by atoms with Crippen LogP contribution < -0.4 is 5.32 Å². The first kappa shape index (κ1) is 21.9. The van der Waals surface area contributed by atoms with Gasteiger partial charge in [-0.25, -0.2) is 0 Å². The Balaban J connectivity index is 1.64. The summed E-state index contributed by atoms with van der Waals surface area (Å²) >= 11 is 2.25. The van der Waals surface area contributed by atoms with Crippen LogP contribution in [-0.4, -0.2) is 51.8 Å². The van der Waals surface area contributed by atoms with E-state index >= 15 is 0 Å². The number of anilines is 1. The lowest BCUT2D eigenvalue weighted by Crippen LogP contribution is -2.43.